The fourth-order valence-electron chi connectivity index (χ4n) is 1.33. The van der Waals surface area contributed by atoms with Gasteiger partial charge in [0, 0.05) is 25.4 Å². The highest BCUT2D eigenvalue weighted by Crippen LogP contribution is 2.22. The topological polar surface area (TPSA) is 77.3 Å². The number of aromatic nitrogens is 1. The van der Waals surface area contributed by atoms with Crippen molar-refractivity contribution >= 4 is 11.5 Å². The number of pyridine rings is 1. The molecule has 1 aromatic rings. The second-order valence-corrected chi connectivity index (χ2v) is 3.64. The number of methoxy groups -OCH3 is 1. The Balaban J connectivity index is 2.90. The van der Waals surface area contributed by atoms with Crippen molar-refractivity contribution in [1.82, 2.24) is 4.98 Å². The van der Waals surface area contributed by atoms with Crippen LogP contribution in [0.2, 0.25) is 0 Å². The van der Waals surface area contributed by atoms with Gasteiger partial charge < -0.3 is 10.1 Å². The van der Waals surface area contributed by atoms with E-state index in [-0.39, 0.29) is 17.5 Å². The van der Waals surface area contributed by atoms with Crippen molar-refractivity contribution in [2.45, 2.75) is 19.9 Å². The lowest BCUT2D eigenvalue weighted by molar-refractivity contribution is -0.384. The second kappa shape index (κ2) is 5.41. The molecule has 16 heavy (non-hydrogen) atoms. The smallest absolute Gasteiger partial charge is 0.311 e. The Bertz CT molecular complexity index is 382. The predicted molar refractivity (Wildman–Crippen MR) is 60.6 cm³/mol. The van der Waals surface area contributed by atoms with E-state index in [1.165, 1.54) is 6.07 Å². The maximum Gasteiger partial charge on any atom is 0.311 e. The van der Waals surface area contributed by atoms with Crippen LogP contribution in [-0.2, 0) is 4.74 Å². The average molecular weight is 225 g/mol. The van der Waals surface area contributed by atoms with Crippen LogP contribution in [0.1, 0.15) is 12.5 Å². The summed E-state index contributed by atoms with van der Waals surface area (Å²) in [5, 5.41) is 13.7. The van der Waals surface area contributed by atoms with Crippen molar-refractivity contribution in [3.8, 4) is 0 Å². The molecule has 6 heteroatoms. The van der Waals surface area contributed by atoms with E-state index in [9.17, 15) is 10.1 Å². The molecule has 6 nitrogen and oxygen atoms in total. The summed E-state index contributed by atoms with van der Waals surface area (Å²) in [5.41, 5.74) is 0.750. The number of hydrogen-bond acceptors (Lipinski definition) is 5. The summed E-state index contributed by atoms with van der Waals surface area (Å²) < 4.78 is 4.94. The number of rotatable bonds is 5. The van der Waals surface area contributed by atoms with Gasteiger partial charge in [-0.2, -0.15) is 0 Å². The van der Waals surface area contributed by atoms with Crippen LogP contribution in [-0.4, -0.2) is 29.7 Å². The Morgan fingerprint density at radius 1 is 1.69 bits per heavy atom. The van der Waals surface area contributed by atoms with Gasteiger partial charge in [0.25, 0.3) is 0 Å². The SMILES string of the molecule is COCC(C)Nc1ncc(C)cc1[N+](=O)[O-]. The first-order chi connectivity index (χ1) is 7.54. The van der Waals surface area contributed by atoms with Gasteiger partial charge in [0.1, 0.15) is 0 Å². The summed E-state index contributed by atoms with van der Waals surface area (Å²) >= 11 is 0. The van der Waals surface area contributed by atoms with Gasteiger partial charge in [-0.15, -0.1) is 0 Å². The molecule has 0 saturated heterocycles. The zero-order chi connectivity index (χ0) is 12.1. The summed E-state index contributed by atoms with van der Waals surface area (Å²) in [4.78, 5) is 14.4. The highest BCUT2D eigenvalue weighted by molar-refractivity contribution is 5.56. The molecule has 0 aliphatic carbocycles. The second-order valence-electron chi connectivity index (χ2n) is 3.64. The van der Waals surface area contributed by atoms with Gasteiger partial charge in [-0.1, -0.05) is 0 Å². The summed E-state index contributed by atoms with van der Waals surface area (Å²) in [6.45, 7) is 4.10. The third-order valence-corrected chi connectivity index (χ3v) is 2.00. The lowest BCUT2D eigenvalue weighted by atomic mass is 10.2. The minimum atomic E-state index is -0.443. The van der Waals surface area contributed by atoms with E-state index in [0.717, 1.165) is 5.56 Å². The molecular weight excluding hydrogens is 210 g/mol. The Kier molecular flexibility index (Phi) is 4.19. The summed E-state index contributed by atoms with van der Waals surface area (Å²) in [5.74, 6) is 0.278. The Morgan fingerprint density at radius 2 is 2.38 bits per heavy atom. The van der Waals surface area contributed by atoms with Crippen molar-refractivity contribution in [1.29, 1.82) is 0 Å². The number of aryl methyl sites for hydroxylation is 1. The highest BCUT2D eigenvalue weighted by Gasteiger charge is 2.16. The molecule has 0 spiro atoms. The first-order valence-corrected chi connectivity index (χ1v) is 4.91. The fourth-order valence-corrected chi connectivity index (χ4v) is 1.33. The molecule has 0 radical (unpaired) electrons. The number of anilines is 1. The molecule has 1 atom stereocenters. The van der Waals surface area contributed by atoms with Gasteiger partial charge in [-0.25, -0.2) is 4.98 Å². The van der Waals surface area contributed by atoms with Crippen LogP contribution in [0.5, 0.6) is 0 Å². The van der Waals surface area contributed by atoms with E-state index >= 15 is 0 Å². The van der Waals surface area contributed by atoms with Gasteiger partial charge in [-0.05, 0) is 19.4 Å². The number of nitrogens with zero attached hydrogens (tertiary/aromatic N) is 2. The van der Waals surface area contributed by atoms with Crippen LogP contribution in [0.3, 0.4) is 0 Å². The Labute approximate surface area is 93.8 Å². The van der Waals surface area contributed by atoms with E-state index in [1.54, 1.807) is 20.2 Å². The van der Waals surface area contributed by atoms with Gasteiger partial charge in [-0.3, -0.25) is 10.1 Å². The van der Waals surface area contributed by atoms with Gasteiger partial charge in [0.05, 0.1) is 11.5 Å². The van der Waals surface area contributed by atoms with Crippen molar-refractivity contribution < 1.29 is 9.66 Å². The maximum absolute atomic E-state index is 10.8. The van der Waals surface area contributed by atoms with Crippen LogP contribution in [0.25, 0.3) is 0 Å². The third-order valence-electron chi connectivity index (χ3n) is 2.00. The highest BCUT2D eigenvalue weighted by atomic mass is 16.6. The molecule has 1 heterocycles. The lowest BCUT2D eigenvalue weighted by Crippen LogP contribution is -2.22. The molecule has 0 aromatic carbocycles. The van der Waals surface area contributed by atoms with Gasteiger partial charge >= 0.3 is 5.69 Å². The maximum atomic E-state index is 10.8. The quantitative estimate of drug-likeness (QED) is 0.610. The van der Waals surface area contributed by atoms with Crippen molar-refractivity contribution in [2.24, 2.45) is 0 Å². The minimum absolute atomic E-state index is 0.0112. The van der Waals surface area contributed by atoms with Crippen LogP contribution in [0.15, 0.2) is 12.3 Å². The first kappa shape index (κ1) is 12.4. The monoisotopic (exact) mass is 225 g/mol. The molecular formula is C10H15N3O3. The van der Waals surface area contributed by atoms with E-state index in [4.69, 9.17) is 4.74 Å². The molecule has 1 unspecified atom stereocenters. The van der Waals surface area contributed by atoms with Crippen LogP contribution in [0.4, 0.5) is 11.5 Å². The molecule has 1 N–H and O–H groups in total. The number of ether oxygens (including phenoxy) is 1. The van der Waals surface area contributed by atoms with E-state index in [2.05, 4.69) is 10.3 Å². The zero-order valence-electron chi connectivity index (χ0n) is 9.56. The number of nitro groups is 1. The van der Waals surface area contributed by atoms with E-state index < -0.39 is 4.92 Å². The summed E-state index contributed by atoms with van der Waals surface area (Å²) in [7, 11) is 1.58. The van der Waals surface area contributed by atoms with Crippen molar-refractivity contribution in [2.75, 3.05) is 19.0 Å². The lowest BCUT2D eigenvalue weighted by Gasteiger charge is -2.13. The van der Waals surface area contributed by atoms with E-state index in [1.807, 2.05) is 6.92 Å². The van der Waals surface area contributed by atoms with Gasteiger partial charge in [0.2, 0.25) is 5.82 Å². The standard InChI is InChI=1S/C10H15N3O3/c1-7-4-9(13(14)15)10(11-5-7)12-8(2)6-16-3/h4-5,8H,6H2,1-3H3,(H,11,12). The molecule has 0 amide bonds. The van der Waals surface area contributed by atoms with Crippen molar-refractivity contribution in [3.05, 3.63) is 27.9 Å². The summed E-state index contributed by atoms with van der Waals surface area (Å²) in [6, 6.07) is 1.47. The van der Waals surface area contributed by atoms with Crippen molar-refractivity contribution in [3.63, 3.8) is 0 Å². The van der Waals surface area contributed by atoms with Gasteiger partial charge in [0.15, 0.2) is 0 Å². The molecule has 0 aliphatic rings. The fraction of sp³-hybridized carbons (Fsp3) is 0.500. The zero-order valence-corrected chi connectivity index (χ0v) is 9.56. The first-order valence-electron chi connectivity index (χ1n) is 4.91. The predicted octanol–water partition coefficient (Wildman–Crippen LogP) is 1.75. The molecule has 0 bridgehead atoms. The normalized spacial score (nSPS) is 12.2. The molecule has 1 aromatic heterocycles. The number of hydrogen-bond donors (Lipinski definition) is 1. The van der Waals surface area contributed by atoms with Crippen LogP contribution >= 0.6 is 0 Å². The molecule has 1 rings (SSSR count). The Morgan fingerprint density at radius 3 is 2.94 bits per heavy atom. The third kappa shape index (κ3) is 3.16. The molecule has 88 valence electrons. The molecule has 0 aliphatic heterocycles. The number of nitrogens with one attached hydrogen (secondary N) is 1. The van der Waals surface area contributed by atoms with Crippen LogP contribution in [0, 0.1) is 17.0 Å². The summed E-state index contributed by atoms with van der Waals surface area (Å²) in [6.07, 6.45) is 1.59. The molecule has 0 fully saturated rings. The Hall–Kier alpha value is -1.69. The molecule has 0 saturated carbocycles. The minimum Gasteiger partial charge on any atom is -0.383 e. The van der Waals surface area contributed by atoms with E-state index in [0.29, 0.717) is 6.61 Å². The average Bonchev–Trinajstić information content (AvgIpc) is 2.20. The van der Waals surface area contributed by atoms with Crippen LogP contribution < -0.4 is 5.32 Å². The largest absolute Gasteiger partial charge is 0.383 e.